The predicted molar refractivity (Wildman–Crippen MR) is 178 cm³/mol. The average molecular weight is 734 g/mol. The Bertz CT molecular complexity index is 2080. The number of nitrogens with one attached hydrogen (secondary N) is 2. The summed E-state index contributed by atoms with van der Waals surface area (Å²) in [7, 11) is 1.23. The minimum atomic E-state index is -1.28. The molecule has 0 bridgehead atoms. The van der Waals surface area contributed by atoms with Gasteiger partial charge in [-0.05, 0) is 18.2 Å². The molecule has 2 atom stereocenters. The molecule has 1 saturated heterocycles. The van der Waals surface area contributed by atoms with E-state index >= 15 is 0 Å². The molecule has 2 aliphatic heterocycles. The van der Waals surface area contributed by atoms with E-state index in [9.17, 15) is 23.9 Å². The van der Waals surface area contributed by atoms with E-state index in [2.05, 4.69) is 15.5 Å². The molecular weight excluding hydrogens is 708 g/mol. The van der Waals surface area contributed by atoms with E-state index in [-0.39, 0.29) is 67.4 Å². The number of hydrogen-bond acceptors (Lipinski definition) is 10. The molecule has 0 aliphatic carbocycles. The van der Waals surface area contributed by atoms with Crippen LogP contribution in [0.15, 0.2) is 59.3 Å². The molecule has 4 aromatic rings. The Hall–Kier alpha value is -4.71. The Morgan fingerprint density at radius 1 is 1.33 bits per heavy atom. The summed E-state index contributed by atoms with van der Waals surface area (Å²) >= 11 is 14.7. The summed E-state index contributed by atoms with van der Waals surface area (Å²) in [6.45, 7) is 0.297. The normalized spacial score (nSPS) is 17.7. The van der Waals surface area contributed by atoms with Crippen LogP contribution in [-0.2, 0) is 32.3 Å². The summed E-state index contributed by atoms with van der Waals surface area (Å²) in [5, 5.41) is 24.4. The number of rotatable bonds is 10. The highest BCUT2D eigenvalue weighted by Gasteiger charge is 2.55. The van der Waals surface area contributed by atoms with Gasteiger partial charge < -0.3 is 31.3 Å². The van der Waals surface area contributed by atoms with Crippen molar-refractivity contribution in [1.82, 2.24) is 19.8 Å². The number of anilines is 1. The summed E-state index contributed by atoms with van der Waals surface area (Å²) in [6.07, 6.45) is 5.35. The number of carbonyl (C=O) groups excluding carboxylic acids is 2. The van der Waals surface area contributed by atoms with Gasteiger partial charge in [-0.15, -0.1) is 11.8 Å². The van der Waals surface area contributed by atoms with Crippen LogP contribution in [0.5, 0.6) is 0 Å². The molecule has 0 saturated carbocycles. The Morgan fingerprint density at radius 3 is 2.75 bits per heavy atom. The number of amidine groups is 1. The zero-order valence-electron chi connectivity index (χ0n) is 24.7. The molecule has 248 valence electrons. The van der Waals surface area contributed by atoms with Crippen LogP contribution >= 0.6 is 46.3 Å². The van der Waals surface area contributed by atoms with Gasteiger partial charge in [-0.3, -0.25) is 19.9 Å². The molecule has 3 aromatic heterocycles. The Kier molecular flexibility index (Phi) is 9.04. The van der Waals surface area contributed by atoms with Crippen molar-refractivity contribution in [1.29, 1.82) is 5.41 Å². The average Bonchev–Trinajstić information content (AvgIpc) is 3.60. The third-order valence-electron chi connectivity index (χ3n) is 7.68. The highest BCUT2D eigenvalue weighted by Crippen LogP contribution is 2.40. The zero-order valence-corrected chi connectivity index (χ0v) is 27.9. The standard InChI is InChI=1S/C29H24Cl2FN9O5S2/c1-46-38-20(19-23(31)48-29(35)37-19)25(42)36-21-26(43)41-22(28(44)45)14(11-47-27(21)41)9-39-4-3-18-12(8-39)2-5-40(18)10-15-16(30)6-13(24(33)34)7-17(15)32/h2-8,21,27H,9-11H2,1H3,(H6-,33,34,35,36,37,42,44,45)/p+1/b38-20-/t21-,27-/m1/s1. The third kappa shape index (κ3) is 6.05. The van der Waals surface area contributed by atoms with Crippen LogP contribution in [0, 0.1) is 11.2 Å². The monoisotopic (exact) mass is 732 g/mol. The molecule has 48 heavy (non-hydrogen) atoms. The number of carboxylic acid groups (broad SMARTS) is 1. The van der Waals surface area contributed by atoms with Crippen molar-refractivity contribution in [3.8, 4) is 0 Å². The molecule has 7 N–H and O–H groups in total. The third-order valence-corrected chi connectivity index (χ3v) is 10.4. The van der Waals surface area contributed by atoms with Gasteiger partial charge >= 0.3 is 5.97 Å². The van der Waals surface area contributed by atoms with E-state index in [1.807, 2.05) is 22.9 Å². The number of carboxylic acids is 1. The van der Waals surface area contributed by atoms with Gasteiger partial charge in [-0.1, -0.05) is 39.7 Å². The molecule has 2 amide bonds. The highest BCUT2D eigenvalue weighted by molar-refractivity contribution is 8.00. The van der Waals surface area contributed by atoms with Gasteiger partial charge in [0.2, 0.25) is 0 Å². The number of β-lactam (4-membered cyclic amide) rings is 1. The molecule has 1 fully saturated rings. The van der Waals surface area contributed by atoms with Crippen molar-refractivity contribution in [3.63, 3.8) is 0 Å². The number of thioether (sulfide) groups is 1. The number of halogens is 3. The SMILES string of the molecule is CO/N=C(\C(=O)N[C@@H]1C(=O)N2C(C(=O)O)=C(C[n+]3ccc4c(ccn4Cc4c(F)cc(C(=N)N)cc4Cl)c3)CS[C@H]12)c1nc(N)sc1Cl. The highest BCUT2D eigenvalue weighted by atomic mass is 35.5. The van der Waals surface area contributed by atoms with Crippen LogP contribution in [0.1, 0.15) is 16.8 Å². The Morgan fingerprint density at radius 2 is 2.10 bits per heavy atom. The van der Waals surface area contributed by atoms with E-state index in [0.717, 1.165) is 22.2 Å². The summed E-state index contributed by atoms with van der Waals surface area (Å²) < 4.78 is 18.6. The number of fused-ring (bicyclic) bond motifs is 2. The first-order chi connectivity index (χ1) is 22.9. The number of amides is 2. The number of benzene rings is 1. The van der Waals surface area contributed by atoms with Crippen LogP contribution in [0.25, 0.3) is 10.9 Å². The molecule has 2 aliphatic rings. The number of carbonyl (C=O) groups is 3. The van der Waals surface area contributed by atoms with Crippen molar-refractivity contribution in [2.24, 2.45) is 10.9 Å². The molecule has 6 rings (SSSR count). The van der Waals surface area contributed by atoms with Crippen LogP contribution < -0.4 is 21.4 Å². The molecule has 5 heterocycles. The number of nitrogens with zero attached hydrogens (tertiary/aromatic N) is 5. The lowest BCUT2D eigenvalue weighted by Crippen LogP contribution is -2.71. The van der Waals surface area contributed by atoms with Crippen molar-refractivity contribution in [3.05, 3.63) is 86.1 Å². The van der Waals surface area contributed by atoms with Gasteiger partial charge in [0.1, 0.15) is 45.9 Å². The van der Waals surface area contributed by atoms with Gasteiger partial charge in [-0.25, -0.2) is 18.7 Å². The first-order valence-electron chi connectivity index (χ1n) is 13.9. The van der Waals surface area contributed by atoms with Gasteiger partial charge in [-0.2, -0.15) is 0 Å². The second kappa shape index (κ2) is 13.1. The number of oxime groups is 1. The molecule has 14 nitrogen and oxygen atoms in total. The Balaban J connectivity index is 1.19. The minimum Gasteiger partial charge on any atom is -0.477 e. The van der Waals surface area contributed by atoms with E-state index in [1.165, 1.54) is 35.9 Å². The maximum Gasteiger partial charge on any atom is 0.352 e. The first-order valence-corrected chi connectivity index (χ1v) is 16.5. The summed E-state index contributed by atoms with van der Waals surface area (Å²) in [4.78, 5) is 48.8. The second-order valence-electron chi connectivity index (χ2n) is 10.6. The smallest absolute Gasteiger partial charge is 0.352 e. The lowest BCUT2D eigenvalue weighted by Gasteiger charge is -2.49. The number of thiazole rings is 1. The summed E-state index contributed by atoms with van der Waals surface area (Å²) in [6, 6.07) is 5.23. The lowest BCUT2D eigenvalue weighted by atomic mass is 10.0. The number of nitrogens with two attached hydrogens (primary N) is 2. The molecule has 19 heteroatoms. The van der Waals surface area contributed by atoms with E-state index in [1.54, 1.807) is 17.0 Å². The van der Waals surface area contributed by atoms with Crippen LogP contribution in [0.3, 0.4) is 0 Å². The van der Waals surface area contributed by atoms with Gasteiger partial charge in [0.15, 0.2) is 29.8 Å². The number of nitrogen functional groups attached to an aromatic ring is 2. The van der Waals surface area contributed by atoms with Gasteiger partial charge in [0.25, 0.3) is 11.8 Å². The molecule has 0 spiro atoms. The van der Waals surface area contributed by atoms with Crippen molar-refractivity contribution < 1.29 is 33.3 Å². The van der Waals surface area contributed by atoms with Gasteiger partial charge in [0.05, 0.1) is 17.4 Å². The molecule has 0 unspecified atom stereocenters. The largest absolute Gasteiger partial charge is 0.477 e. The van der Waals surface area contributed by atoms with Crippen molar-refractivity contribution >= 4 is 91.7 Å². The number of aromatic nitrogens is 3. The predicted octanol–water partition coefficient (Wildman–Crippen LogP) is 2.54. The number of hydrogen-bond donors (Lipinski definition) is 5. The van der Waals surface area contributed by atoms with Crippen LogP contribution in [0.4, 0.5) is 9.52 Å². The maximum absolute atomic E-state index is 14.8. The van der Waals surface area contributed by atoms with E-state index in [0.29, 0.717) is 5.57 Å². The fourth-order valence-electron chi connectivity index (χ4n) is 5.49. The summed E-state index contributed by atoms with van der Waals surface area (Å²) in [5.41, 5.74) is 12.4. The minimum absolute atomic E-state index is 0.00420. The van der Waals surface area contributed by atoms with E-state index in [4.69, 9.17) is 44.9 Å². The fourth-order valence-corrected chi connectivity index (χ4v) is 8.02. The van der Waals surface area contributed by atoms with Crippen LogP contribution in [0.2, 0.25) is 9.36 Å². The van der Waals surface area contributed by atoms with Gasteiger partial charge in [0, 0.05) is 39.7 Å². The quantitative estimate of drug-likeness (QED) is 0.0533. The Labute approximate surface area is 289 Å². The fraction of sp³-hybridized carbons (Fsp3) is 0.207. The van der Waals surface area contributed by atoms with Crippen LogP contribution in [-0.4, -0.2) is 73.2 Å². The maximum atomic E-state index is 14.8. The number of aliphatic carboxylic acids is 1. The molecule has 0 radical (unpaired) electrons. The first kappa shape index (κ1) is 33.2. The zero-order chi connectivity index (χ0) is 34.4. The second-order valence-corrected chi connectivity index (χ2v) is 13.8. The molecular formula is C29H25Cl2FN9O5S2+. The lowest BCUT2D eigenvalue weighted by molar-refractivity contribution is -0.687. The molecule has 1 aromatic carbocycles. The topological polar surface area (TPSA) is 206 Å². The number of pyridine rings is 1. The van der Waals surface area contributed by atoms with E-state index < -0.39 is 35.0 Å². The van der Waals surface area contributed by atoms with Crippen molar-refractivity contribution in [2.45, 2.75) is 24.5 Å². The van der Waals surface area contributed by atoms with Crippen molar-refractivity contribution in [2.75, 3.05) is 18.6 Å². The summed E-state index contributed by atoms with van der Waals surface area (Å²) in [5.74, 6) is -3.26.